The van der Waals surface area contributed by atoms with Crippen LogP contribution in [0.25, 0.3) is 0 Å². The summed E-state index contributed by atoms with van der Waals surface area (Å²) in [7, 11) is 1.45. The van der Waals surface area contributed by atoms with Gasteiger partial charge in [0.15, 0.2) is 0 Å². The molecule has 1 saturated heterocycles. The highest BCUT2D eigenvalue weighted by Crippen LogP contribution is 2.27. The van der Waals surface area contributed by atoms with Crippen molar-refractivity contribution in [2.45, 2.75) is 38.1 Å². The van der Waals surface area contributed by atoms with Crippen LogP contribution in [-0.4, -0.2) is 50.1 Å². The number of hydrogen-bond acceptors (Lipinski definition) is 5. The Morgan fingerprint density at radius 3 is 2.19 bits per heavy atom. The number of anilines is 2. The van der Waals surface area contributed by atoms with Crippen molar-refractivity contribution in [3.05, 3.63) is 60.2 Å². The lowest BCUT2D eigenvalue weighted by Gasteiger charge is -2.39. The van der Waals surface area contributed by atoms with Crippen LogP contribution < -0.4 is 10.2 Å². The molecule has 1 N–H and O–H groups in total. The summed E-state index contributed by atoms with van der Waals surface area (Å²) in [6.07, 6.45) is 5.57. The molecule has 2 aromatic rings. The van der Waals surface area contributed by atoms with Gasteiger partial charge in [-0.2, -0.15) is 0 Å². The number of rotatable bonds is 6. The maximum atomic E-state index is 12.5. The lowest BCUT2D eigenvalue weighted by molar-refractivity contribution is -0.147. The Morgan fingerprint density at radius 2 is 1.56 bits per heavy atom. The van der Waals surface area contributed by atoms with Gasteiger partial charge in [0.25, 0.3) is 0 Å². The third-order valence-electron chi connectivity index (χ3n) is 6.70. The Morgan fingerprint density at radius 1 is 0.906 bits per heavy atom. The molecule has 6 nitrogen and oxygen atoms in total. The lowest BCUT2D eigenvalue weighted by Crippen LogP contribution is -2.49. The minimum absolute atomic E-state index is 0.154. The topological polar surface area (TPSA) is 61.9 Å². The third kappa shape index (κ3) is 5.30. The van der Waals surface area contributed by atoms with Crippen LogP contribution in [0.15, 0.2) is 54.6 Å². The number of nitrogens with zero attached hydrogens (tertiary/aromatic N) is 2. The monoisotopic (exact) mass is 435 g/mol. The summed E-state index contributed by atoms with van der Waals surface area (Å²) in [6.45, 7) is 3.20. The molecule has 6 heteroatoms. The predicted octanol–water partition coefficient (Wildman–Crippen LogP) is 4.24. The van der Waals surface area contributed by atoms with Crippen molar-refractivity contribution < 1.29 is 14.3 Å². The van der Waals surface area contributed by atoms with Gasteiger partial charge in [-0.05, 0) is 42.7 Å². The standard InChI is InChI=1S/C26H33N3O3/c1-32-26(31)24(20-8-4-2-5-9-20)29-18-16-28(17-19-29)23-14-12-22(13-15-23)27-25(30)21-10-6-3-7-11-21/h2,4-5,8-9,12-15,21,24H,3,6-7,10-11,16-19H2,1H3,(H,27,30). The molecule has 0 bridgehead atoms. The van der Waals surface area contributed by atoms with E-state index in [1.54, 1.807) is 0 Å². The third-order valence-corrected chi connectivity index (χ3v) is 6.70. The van der Waals surface area contributed by atoms with Gasteiger partial charge in [-0.25, -0.2) is 4.79 Å². The fourth-order valence-corrected chi connectivity index (χ4v) is 4.85. The SMILES string of the molecule is COC(=O)C(c1ccccc1)N1CCN(c2ccc(NC(=O)C3CCCCC3)cc2)CC1. The molecule has 1 saturated carbocycles. The second-order valence-electron chi connectivity index (χ2n) is 8.73. The van der Waals surface area contributed by atoms with E-state index in [-0.39, 0.29) is 23.8 Å². The summed E-state index contributed by atoms with van der Waals surface area (Å²) in [5.74, 6) is 0.0902. The van der Waals surface area contributed by atoms with E-state index in [0.29, 0.717) is 0 Å². The van der Waals surface area contributed by atoms with Crippen LogP contribution in [0.2, 0.25) is 0 Å². The fourth-order valence-electron chi connectivity index (χ4n) is 4.85. The largest absolute Gasteiger partial charge is 0.468 e. The Bertz CT molecular complexity index is 886. The molecular weight excluding hydrogens is 402 g/mol. The quantitative estimate of drug-likeness (QED) is 0.688. The van der Waals surface area contributed by atoms with Crippen LogP contribution in [0.5, 0.6) is 0 Å². The van der Waals surface area contributed by atoms with Crippen LogP contribution in [0, 0.1) is 5.92 Å². The van der Waals surface area contributed by atoms with Crippen LogP contribution in [0.3, 0.4) is 0 Å². The molecule has 2 aromatic carbocycles. The number of ether oxygens (including phenoxy) is 1. The van der Waals surface area contributed by atoms with Gasteiger partial charge in [0.1, 0.15) is 6.04 Å². The van der Waals surface area contributed by atoms with Crippen molar-refractivity contribution in [1.29, 1.82) is 0 Å². The van der Waals surface area contributed by atoms with Gasteiger partial charge in [0, 0.05) is 43.5 Å². The molecule has 1 aliphatic carbocycles. The molecule has 1 heterocycles. The molecule has 1 aliphatic heterocycles. The number of amides is 1. The van der Waals surface area contributed by atoms with Gasteiger partial charge < -0.3 is 15.0 Å². The Labute approximate surface area is 190 Å². The number of methoxy groups -OCH3 is 1. The highest BCUT2D eigenvalue weighted by Gasteiger charge is 2.31. The van der Waals surface area contributed by atoms with Crippen LogP contribution in [-0.2, 0) is 14.3 Å². The van der Waals surface area contributed by atoms with E-state index >= 15 is 0 Å². The van der Waals surface area contributed by atoms with Crippen molar-refractivity contribution in [2.75, 3.05) is 43.5 Å². The molecule has 0 radical (unpaired) electrons. The van der Waals surface area contributed by atoms with Crippen LogP contribution in [0.4, 0.5) is 11.4 Å². The van der Waals surface area contributed by atoms with Crippen molar-refractivity contribution in [3.8, 4) is 0 Å². The second-order valence-corrected chi connectivity index (χ2v) is 8.73. The number of carbonyl (C=O) groups excluding carboxylic acids is 2. The number of nitrogens with one attached hydrogen (secondary N) is 1. The molecule has 1 amide bonds. The number of esters is 1. The molecule has 0 spiro atoms. The van der Waals surface area contributed by atoms with Gasteiger partial charge in [-0.1, -0.05) is 49.6 Å². The van der Waals surface area contributed by atoms with Gasteiger partial charge in [-0.15, -0.1) is 0 Å². The summed E-state index contributed by atoms with van der Waals surface area (Å²) in [5, 5.41) is 3.08. The van der Waals surface area contributed by atoms with E-state index < -0.39 is 0 Å². The van der Waals surface area contributed by atoms with E-state index in [4.69, 9.17) is 4.74 Å². The molecule has 0 aromatic heterocycles. The summed E-state index contributed by atoms with van der Waals surface area (Å²) < 4.78 is 5.09. The van der Waals surface area contributed by atoms with Crippen LogP contribution >= 0.6 is 0 Å². The Balaban J connectivity index is 1.34. The Hall–Kier alpha value is -2.86. The van der Waals surface area contributed by atoms with Crippen molar-refractivity contribution in [2.24, 2.45) is 5.92 Å². The van der Waals surface area contributed by atoms with Crippen LogP contribution in [0.1, 0.15) is 43.7 Å². The first-order valence-electron chi connectivity index (χ1n) is 11.7. The van der Waals surface area contributed by atoms with Crippen molar-refractivity contribution in [3.63, 3.8) is 0 Å². The van der Waals surface area contributed by atoms with Crippen molar-refractivity contribution in [1.82, 2.24) is 4.90 Å². The van der Waals surface area contributed by atoms with E-state index in [1.165, 1.54) is 13.5 Å². The Kier molecular flexibility index (Phi) is 7.43. The number of carbonyl (C=O) groups is 2. The normalized spacial score (nSPS) is 18.7. The lowest BCUT2D eigenvalue weighted by atomic mass is 9.88. The minimum atomic E-state index is -0.374. The van der Waals surface area contributed by atoms with Gasteiger partial charge in [-0.3, -0.25) is 9.69 Å². The summed E-state index contributed by atoms with van der Waals surface area (Å²) in [6, 6.07) is 17.6. The zero-order valence-corrected chi connectivity index (χ0v) is 18.8. The van der Waals surface area contributed by atoms with Gasteiger partial charge in [0.2, 0.25) is 5.91 Å². The van der Waals surface area contributed by atoms with Crippen molar-refractivity contribution >= 4 is 23.3 Å². The number of hydrogen-bond donors (Lipinski definition) is 1. The average Bonchev–Trinajstić information content (AvgIpc) is 2.86. The second kappa shape index (κ2) is 10.6. The first kappa shape index (κ1) is 22.3. The number of benzene rings is 2. The maximum absolute atomic E-state index is 12.5. The minimum Gasteiger partial charge on any atom is -0.468 e. The smallest absolute Gasteiger partial charge is 0.327 e. The van der Waals surface area contributed by atoms with E-state index in [0.717, 1.165) is 68.8 Å². The van der Waals surface area contributed by atoms with Gasteiger partial charge >= 0.3 is 5.97 Å². The molecule has 32 heavy (non-hydrogen) atoms. The summed E-state index contributed by atoms with van der Waals surface area (Å²) in [4.78, 5) is 29.5. The molecular formula is C26H33N3O3. The van der Waals surface area contributed by atoms with E-state index in [1.807, 2.05) is 42.5 Å². The molecule has 2 aliphatic rings. The van der Waals surface area contributed by atoms with E-state index in [9.17, 15) is 9.59 Å². The zero-order chi connectivity index (χ0) is 22.3. The average molecular weight is 436 g/mol. The molecule has 170 valence electrons. The molecule has 2 fully saturated rings. The van der Waals surface area contributed by atoms with Gasteiger partial charge in [0.05, 0.1) is 7.11 Å². The highest BCUT2D eigenvalue weighted by molar-refractivity contribution is 5.92. The fraction of sp³-hybridized carbons (Fsp3) is 0.462. The number of piperazine rings is 1. The van der Waals surface area contributed by atoms with E-state index in [2.05, 4.69) is 27.2 Å². The first-order chi connectivity index (χ1) is 15.7. The zero-order valence-electron chi connectivity index (χ0n) is 18.8. The first-order valence-corrected chi connectivity index (χ1v) is 11.7. The molecule has 1 atom stereocenters. The highest BCUT2D eigenvalue weighted by atomic mass is 16.5. The maximum Gasteiger partial charge on any atom is 0.327 e. The summed E-state index contributed by atoms with van der Waals surface area (Å²) >= 11 is 0. The molecule has 1 unspecified atom stereocenters. The molecule has 4 rings (SSSR count). The summed E-state index contributed by atoms with van der Waals surface area (Å²) in [5.41, 5.74) is 2.96. The predicted molar refractivity (Wildman–Crippen MR) is 127 cm³/mol.